The molecule has 3 saturated heterocycles. The fraction of sp³-hybridized carbons (Fsp3) is 0.714. The molecule has 2 unspecified atom stereocenters. The van der Waals surface area contributed by atoms with E-state index in [1.54, 1.807) is 4.90 Å². The molecule has 0 N–H and O–H groups in total. The number of piperazine rings is 3. The Hall–Kier alpha value is -1.08. The van der Waals surface area contributed by atoms with Crippen molar-refractivity contribution in [3.63, 3.8) is 0 Å². The van der Waals surface area contributed by atoms with E-state index in [9.17, 15) is 4.79 Å². The van der Waals surface area contributed by atoms with E-state index in [2.05, 4.69) is 6.07 Å². The maximum Gasteiger partial charge on any atom is 0.237 e. The molecule has 0 radical (unpaired) electrons. The van der Waals surface area contributed by atoms with Gasteiger partial charge in [0, 0.05) is 19.6 Å². The zero-order valence-electron chi connectivity index (χ0n) is 6.16. The molecule has 58 valence electrons. The molecular formula is C7H9N3O. The topological polar surface area (TPSA) is 47.3 Å². The highest BCUT2D eigenvalue weighted by molar-refractivity contribution is 5.80. The summed E-state index contributed by atoms with van der Waals surface area (Å²) in [6.07, 6.45) is 0. The van der Waals surface area contributed by atoms with E-state index in [0.717, 1.165) is 19.6 Å². The molecule has 11 heavy (non-hydrogen) atoms. The van der Waals surface area contributed by atoms with Crippen molar-refractivity contribution in [1.82, 2.24) is 9.80 Å². The normalized spacial score (nSPS) is 35.5. The van der Waals surface area contributed by atoms with Crippen molar-refractivity contribution in [2.24, 2.45) is 0 Å². The van der Waals surface area contributed by atoms with Gasteiger partial charge in [0.05, 0.1) is 12.6 Å². The van der Waals surface area contributed by atoms with Crippen LogP contribution in [0.25, 0.3) is 0 Å². The van der Waals surface area contributed by atoms with E-state index in [1.165, 1.54) is 0 Å². The minimum atomic E-state index is -0.190. The van der Waals surface area contributed by atoms with Crippen LogP contribution in [-0.4, -0.2) is 47.9 Å². The summed E-state index contributed by atoms with van der Waals surface area (Å²) in [5.74, 6) is 0.106. The van der Waals surface area contributed by atoms with Gasteiger partial charge in [-0.05, 0) is 0 Å². The average molecular weight is 151 g/mol. The highest BCUT2D eigenvalue weighted by atomic mass is 16.2. The van der Waals surface area contributed by atoms with Crippen molar-refractivity contribution >= 4 is 5.91 Å². The predicted molar refractivity (Wildman–Crippen MR) is 37.6 cm³/mol. The summed E-state index contributed by atoms with van der Waals surface area (Å²) in [5.41, 5.74) is 0. The Morgan fingerprint density at radius 1 is 1.55 bits per heavy atom. The second-order valence-electron chi connectivity index (χ2n) is 2.97. The minimum absolute atomic E-state index is 0.106. The van der Waals surface area contributed by atoms with Gasteiger partial charge in [-0.15, -0.1) is 0 Å². The Morgan fingerprint density at radius 3 is 2.82 bits per heavy atom. The lowest BCUT2D eigenvalue weighted by atomic mass is 10.1. The molecule has 0 aliphatic carbocycles. The lowest BCUT2D eigenvalue weighted by Gasteiger charge is -2.44. The largest absolute Gasteiger partial charge is 0.323 e. The predicted octanol–water partition coefficient (Wildman–Crippen LogP) is -0.964. The van der Waals surface area contributed by atoms with Crippen molar-refractivity contribution in [3.8, 4) is 6.07 Å². The molecule has 2 atom stereocenters. The van der Waals surface area contributed by atoms with E-state index >= 15 is 0 Å². The van der Waals surface area contributed by atoms with Crippen LogP contribution in [-0.2, 0) is 4.79 Å². The third-order valence-electron chi connectivity index (χ3n) is 2.29. The minimum Gasteiger partial charge on any atom is -0.323 e. The summed E-state index contributed by atoms with van der Waals surface area (Å²) in [6.45, 7) is 2.92. The van der Waals surface area contributed by atoms with Crippen LogP contribution in [0.5, 0.6) is 0 Å². The summed E-state index contributed by atoms with van der Waals surface area (Å²) in [6, 6.07) is 1.94. The molecule has 3 aliphatic heterocycles. The van der Waals surface area contributed by atoms with Crippen molar-refractivity contribution in [2.45, 2.75) is 6.04 Å². The van der Waals surface area contributed by atoms with Gasteiger partial charge in [0.1, 0.15) is 6.04 Å². The molecule has 0 saturated carbocycles. The first-order valence-corrected chi connectivity index (χ1v) is 3.72. The van der Waals surface area contributed by atoms with Gasteiger partial charge in [-0.25, -0.2) is 0 Å². The third kappa shape index (κ3) is 0.889. The van der Waals surface area contributed by atoms with E-state index in [0.29, 0.717) is 6.54 Å². The van der Waals surface area contributed by atoms with Crippen LogP contribution in [0.3, 0.4) is 0 Å². The first-order valence-electron chi connectivity index (χ1n) is 3.72. The van der Waals surface area contributed by atoms with Crippen molar-refractivity contribution in [2.75, 3.05) is 26.2 Å². The number of amides is 1. The van der Waals surface area contributed by atoms with Crippen LogP contribution < -0.4 is 0 Å². The van der Waals surface area contributed by atoms with Gasteiger partial charge in [0.15, 0.2) is 0 Å². The highest BCUT2D eigenvalue weighted by Crippen LogP contribution is 2.15. The van der Waals surface area contributed by atoms with Crippen LogP contribution in [0.1, 0.15) is 0 Å². The van der Waals surface area contributed by atoms with Crippen LogP contribution >= 0.6 is 0 Å². The molecule has 4 nitrogen and oxygen atoms in total. The number of hydrogen-bond donors (Lipinski definition) is 0. The molecule has 0 aromatic carbocycles. The van der Waals surface area contributed by atoms with Gasteiger partial charge in [0.25, 0.3) is 0 Å². The van der Waals surface area contributed by atoms with Crippen LogP contribution in [0.4, 0.5) is 0 Å². The van der Waals surface area contributed by atoms with E-state index < -0.39 is 0 Å². The van der Waals surface area contributed by atoms with Crippen molar-refractivity contribution < 1.29 is 4.79 Å². The Kier molecular flexibility index (Phi) is 1.33. The molecule has 2 bridgehead atoms. The number of nitrogens with zero attached hydrogens (tertiary/aromatic N) is 3. The molecular weight excluding hydrogens is 142 g/mol. The second kappa shape index (κ2) is 2.21. The maximum atomic E-state index is 11.2. The van der Waals surface area contributed by atoms with Gasteiger partial charge in [0.2, 0.25) is 5.91 Å². The average Bonchev–Trinajstić information content (AvgIpc) is 2.04. The fourth-order valence-corrected chi connectivity index (χ4v) is 1.67. The summed E-state index contributed by atoms with van der Waals surface area (Å²) in [7, 11) is 0. The summed E-state index contributed by atoms with van der Waals surface area (Å²) in [5, 5.41) is 8.66. The fourth-order valence-electron chi connectivity index (χ4n) is 1.67. The SMILES string of the molecule is N#CC1CN2CCN1C(=O)C2. The Balaban J connectivity index is 2.21. The molecule has 3 fully saturated rings. The number of rotatable bonds is 0. The van der Waals surface area contributed by atoms with E-state index in [-0.39, 0.29) is 11.9 Å². The summed E-state index contributed by atoms with van der Waals surface area (Å²) in [4.78, 5) is 14.9. The molecule has 0 spiro atoms. The van der Waals surface area contributed by atoms with E-state index in [1.807, 2.05) is 4.90 Å². The molecule has 0 aromatic rings. The number of carbonyl (C=O) groups is 1. The number of carbonyl (C=O) groups excluding carboxylic acids is 1. The maximum absolute atomic E-state index is 11.2. The lowest BCUT2D eigenvalue weighted by molar-refractivity contribution is -0.143. The zero-order chi connectivity index (χ0) is 7.84. The smallest absolute Gasteiger partial charge is 0.237 e. The standard InChI is InChI=1S/C7H9N3O/c8-3-6-4-9-1-2-10(6)7(11)5-9/h6H,1-2,4-5H2. The van der Waals surface area contributed by atoms with Crippen molar-refractivity contribution in [1.29, 1.82) is 5.26 Å². The first kappa shape index (κ1) is 6.62. The van der Waals surface area contributed by atoms with Gasteiger partial charge in [-0.2, -0.15) is 5.26 Å². The Bertz CT molecular complexity index is 232. The zero-order valence-corrected chi connectivity index (χ0v) is 6.16. The van der Waals surface area contributed by atoms with Gasteiger partial charge >= 0.3 is 0 Å². The van der Waals surface area contributed by atoms with Gasteiger partial charge in [-0.1, -0.05) is 0 Å². The molecule has 0 aromatic heterocycles. The van der Waals surface area contributed by atoms with E-state index in [4.69, 9.17) is 5.26 Å². The van der Waals surface area contributed by atoms with Crippen molar-refractivity contribution in [3.05, 3.63) is 0 Å². The Morgan fingerprint density at radius 2 is 2.36 bits per heavy atom. The van der Waals surface area contributed by atoms with Gasteiger partial charge in [-0.3, -0.25) is 9.69 Å². The lowest BCUT2D eigenvalue weighted by Crippen LogP contribution is -2.63. The number of hydrogen-bond acceptors (Lipinski definition) is 3. The van der Waals surface area contributed by atoms with Crippen LogP contribution in [0.2, 0.25) is 0 Å². The molecule has 4 heteroatoms. The number of nitriles is 1. The summed E-state index contributed by atoms with van der Waals surface area (Å²) >= 11 is 0. The molecule has 3 aliphatic rings. The monoisotopic (exact) mass is 151 g/mol. The number of fused-ring (bicyclic) bond motifs is 3. The first-order chi connectivity index (χ1) is 5.31. The molecule has 3 rings (SSSR count). The van der Waals surface area contributed by atoms with Gasteiger partial charge < -0.3 is 4.90 Å². The summed E-state index contributed by atoms with van der Waals surface area (Å²) < 4.78 is 0. The molecule has 1 amide bonds. The quantitative estimate of drug-likeness (QED) is 0.448. The van der Waals surface area contributed by atoms with Crippen LogP contribution in [0, 0.1) is 11.3 Å². The van der Waals surface area contributed by atoms with Crippen LogP contribution in [0.15, 0.2) is 0 Å². The molecule has 3 heterocycles. The third-order valence-corrected chi connectivity index (χ3v) is 2.29. The second-order valence-corrected chi connectivity index (χ2v) is 2.97. The highest BCUT2D eigenvalue weighted by Gasteiger charge is 2.36. The Labute approximate surface area is 65.0 Å².